The topological polar surface area (TPSA) is 61.2 Å². The number of benzene rings is 2. The van der Waals surface area contributed by atoms with E-state index < -0.39 is 0 Å². The van der Waals surface area contributed by atoms with Crippen LogP contribution in [0.1, 0.15) is 6.42 Å². The van der Waals surface area contributed by atoms with Gasteiger partial charge in [-0.05, 0) is 24.3 Å². The lowest BCUT2D eigenvalue weighted by atomic mass is 10.2. The summed E-state index contributed by atoms with van der Waals surface area (Å²) in [5, 5.41) is 1.00. The van der Waals surface area contributed by atoms with Crippen LogP contribution in [0.2, 0.25) is 5.02 Å². The molecule has 0 N–H and O–H groups in total. The second-order valence-corrected chi connectivity index (χ2v) is 7.14. The van der Waals surface area contributed by atoms with Crippen LogP contribution in [-0.4, -0.2) is 27.4 Å². The van der Waals surface area contributed by atoms with E-state index in [0.717, 1.165) is 0 Å². The maximum Gasteiger partial charge on any atom is 0.319 e. The Bertz CT molecular complexity index is 1030. The fourth-order valence-electron chi connectivity index (χ4n) is 2.75. The van der Waals surface area contributed by atoms with Crippen molar-refractivity contribution in [2.45, 2.75) is 16.8 Å². The number of ether oxygens (including phenoxy) is 1. The number of rotatable bonds is 3. The van der Waals surface area contributed by atoms with Crippen molar-refractivity contribution in [3.05, 3.63) is 63.9 Å². The molecule has 4 rings (SSSR count). The minimum absolute atomic E-state index is 0.215. The molecule has 1 aliphatic heterocycles. The number of cyclic esters (lactones) is 1. The number of carbonyl (C=O) groups excluding carboxylic acids is 1. The van der Waals surface area contributed by atoms with Crippen molar-refractivity contribution in [2.75, 3.05) is 6.61 Å². The van der Waals surface area contributed by atoms with E-state index >= 15 is 0 Å². The number of esters is 1. The Morgan fingerprint density at radius 1 is 1.12 bits per heavy atom. The van der Waals surface area contributed by atoms with Crippen molar-refractivity contribution < 1.29 is 9.53 Å². The van der Waals surface area contributed by atoms with Gasteiger partial charge in [-0.1, -0.05) is 47.6 Å². The van der Waals surface area contributed by atoms with Crippen molar-refractivity contribution in [1.82, 2.24) is 9.55 Å². The van der Waals surface area contributed by atoms with E-state index in [1.54, 1.807) is 42.5 Å². The molecule has 0 amide bonds. The average Bonchev–Trinajstić information content (AvgIpc) is 3.01. The molecule has 0 radical (unpaired) electrons. The lowest BCUT2D eigenvalue weighted by Gasteiger charge is -2.15. The maximum absolute atomic E-state index is 13.1. The molecule has 5 nitrogen and oxygen atoms in total. The van der Waals surface area contributed by atoms with E-state index in [4.69, 9.17) is 16.3 Å². The Balaban J connectivity index is 1.96. The highest BCUT2D eigenvalue weighted by atomic mass is 35.5. The highest BCUT2D eigenvalue weighted by Gasteiger charge is 2.30. The zero-order valence-corrected chi connectivity index (χ0v) is 14.6. The highest BCUT2D eigenvalue weighted by Crippen LogP contribution is 2.31. The molecule has 0 saturated carbocycles. The molecule has 0 unspecified atom stereocenters. The van der Waals surface area contributed by atoms with Crippen LogP contribution >= 0.6 is 23.4 Å². The van der Waals surface area contributed by atoms with Crippen LogP contribution in [-0.2, 0) is 9.53 Å². The van der Waals surface area contributed by atoms with E-state index in [0.29, 0.717) is 39.8 Å². The SMILES string of the molecule is O=C1OCC[C@@H]1Sc1nc2ccccc2c(=O)n1-c1ccccc1Cl. The quantitative estimate of drug-likeness (QED) is 0.520. The van der Waals surface area contributed by atoms with E-state index in [9.17, 15) is 9.59 Å². The summed E-state index contributed by atoms with van der Waals surface area (Å²) in [5.74, 6) is -0.280. The number of nitrogens with zero attached hydrogens (tertiary/aromatic N) is 2. The minimum atomic E-state index is -0.373. The Hall–Kier alpha value is -2.31. The molecule has 2 heterocycles. The molecule has 0 bridgehead atoms. The molecule has 1 saturated heterocycles. The summed E-state index contributed by atoms with van der Waals surface area (Å²) < 4.78 is 6.50. The van der Waals surface area contributed by atoms with Crippen LogP contribution in [0.3, 0.4) is 0 Å². The molecule has 2 aromatic carbocycles. The molecule has 126 valence electrons. The van der Waals surface area contributed by atoms with Crippen molar-refractivity contribution >= 4 is 40.2 Å². The first-order chi connectivity index (χ1) is 12.1. The summed E-state index contributed by atoms with van der Waals surface area (Å²) in [5.41, 5.74) is 0.915. The van der Waals surface area contributed by atoms with Gasteiger partial charge < -0.3 is 4.74 Å². The summed E-state index contributed by atoms with van der Waals surface area (Å²) in [6, 6.07) is 14.2. The third-order valence-electron chi connectivity index (χ3n) is 3.97. The van der Waals surface area contributed by atoms with Gasteiger partial charge in [-0.25, -0.2) is 4.98 Å². The van der Waals surface area contributed by atoms with Gasteiger partial charge in [0.1, 0.15) is 5.25 Å². The fourth-order valence-corrected chi connectivity index (χ4v) is 4.04. The van der Waals surface area contributed by atoms with Crippen molar-refractivity contribution in [2.24, 2.45) is 0 Å². The standard InChI is InChI=1S/C18H13ClN2O3S/c19-12-6-2-4-8-14(12)21-16(22)11-5-1-3-7-13(11)20-18(21)25-15-9-10-24-17(15)23/h1-8,15H,9-10H2/t15-/m0/s1. The van der Waals surface area contributed by atoms with Crippen molar-refractivity contribution in [3.8, 4) is 5.69 Å². The Morgan fingerprint density at radius 2 is 1.88 bits per heavy atom. The molecular formula is C18H13ClN2O3S. The number of thioether (sulfide) groups is 1. The fraction of sp³-hybridized carbons (Fsp3) is 0.167. The predicted molar refractivity (Wildman–Crippen MR) is 97.6 cm³/mol. The van der Waals surface area contributed by atoms with Crippen LogP contribution in [0.25, 0.3) is 16.6 Å². The summed E-state index contributed by atoms with van der Waals surface area (Å²) >= 11 is 7.55. The maximum atomic E-state index is 13.1. The van der Waals surface area contributed by atoms with Gasteiger partial charge in [-0.2, -0.15) is 0 Å². The Kier molecular flexibility index (Phi) is 4.23. The third-order valence-corrected chi connectivity index (χ3v) is 5.49. The number of hydrogen-bond acceptors (Lipinski definition) is 5. The molecule has 0 spiro atoms. The van der Waals surface area contributed by atoms with Gasteiger partial charge in [0.15, 0.2) is 5.16 Å². The second-order valence-electron chi connectivity index (χ2n) is 5.57. The zero-order valence-electron chi connectivity index (χ0n) is 13.0. The van der Waals surface area contributed by atoms with Gasteiger partial charge in [-0.15, -0.1) is 0 Å². The number of aromatic nitrogens is 2. The molecule has 7 heteroatoms. The Morgan fingerprint density at radius 3 is 2.64 bits per heavy atom. The zero-order chi connectivity index (χ0) is 17.4. The van der Waals surface area contributed by atoms with E-state index in [1.807, 2.05) is 6.07 Å². The number of para-hydroxylation sites is 2. The summed E-state index contributed by atoms with van der Waals surface area (Å²) in [6.45, 7) is 0.389. The largest absolute Gasteiger partial charge is 0.465 e. The molecule has 1 aromatic heterocycles. The van der Waals surface area contributed by atoms with Crippen LogP contribution < -0.4 is 5.56 Å². The number of fused-ring (bicyclic) bond motifs is 1. The minimum Gasteiger partial charge on any atom is -0.465 e. The molecule has 1 fully saturated rings. The molecule has 3 aromatic rings. The van der Waals surface area contributed by atoms with E-state index in [1.165, 1.54) is 16.3 Å². The normalized spacial score (nSPS) is 17.0. The number of hydrogen-bond donors (Lipinski definition) is 0. The Labute approximate surface area is 152 Å². The van der Waals surface area contributed by atoms with Gasteiger partial charge in [-0.3, -0.25) is 14.2 Å². The smallest absolute Gasteiger partial charge is 0.319 e. The molecule has 1 aliphatic rings. The van der Waals surface area contributed by atoms with Gasteiger partial charge in [0.2, 0.25) is 0 Å². The second kappa shape index (κ2) is 6.54. The molecule has 1 atom stereocenters. The lowest BCUT2D eigenvalue weighted by Crippen LogP contribution is -2.23. The van der Waals surface area contributed by atoms with Gasteiger partial charge in [0.25, 0.3) is 5.56 Å². The summed E-state index contributed by atoms with van der Waals surface area (Å²) in [6.07, 6.45) is 0.592. The first-order valence-corrected chi connectivity index (χ1v) is 9.01. The molecule has 25 heavy (non-hydrogen) atoms. The lowest BCUT2D eigenvalue weighted by molar-refractivity contribution is -0.137. The molecular weight excluding hydrogens is 360 g/mol. The highest BCUT2D eigenvalue weighted by molar-refractivity contribution is 8.00. The van der Waals surface area contributed by atoms with Gasteiger partial charge in [0.05, 0.1) is 28.2 Å². The van der Waals surface area contributed by atoms with Crippen LogP contribution in [0.15, 0.2) is 58.5 Å². The van der Waals surface area contributed by atoms with Gasteiger partial charge in [0, 0.05) is 6.42 Å². The van der Waals surface area contributed by atoms with E-state index in [-0.39, 0.29) is 16.8 Å². The number of carbonyl (C=O) groups is 1. The monoisotopic (exact) mass is 372 g/mol. The number of halogens is 1. The third kappa shape index (κ3) is 2.92. The first kappa shape index (κ1) is 16.2. The van der Waals surface area contributed by atoms with Crippen LogP contribution in [0, 0.1) is 0 Å². The summed E-state index contributed by atoms with van der Waals surface area (Å²) in [4.78, 5) is 29.6. The summed E-state index contributed by atoms with van der Waals surface area (Å²) in [7, 11) is 0. The van der Waals surface area contributed by atoms with Crippen LogP contribution in [0.4, 0.5) is 0 Å². The molecule has 0 aliphatic carbocycles. The predicted octanol–water partition coefficient (Wildman–Crippen LogP) is 3.45. The van der Waals surface area contributed by atoms with Crippen LogP contribution in [0.5, 0.6) is 0 Å². The first-order valence-electron chi connectivity index (χ1n) is 7.75. The average molecular weight is 373 g/mol. The van der Waals surface area contributed by atoms with Crippen molar-refractivity contribution in [3.63, 3.8) is 0 Å². The van der Waals surface area contributed by atoms with Crippen molar-refractivity contribution in [1.29, 1.82) is 0 Å². The van der Waals surface area contributed by atoms with Gasteiger partial charge >= 0.3 is 5.97 Å². The van der Waals surface area contributed by atoms with E-state index in [2.05, 4.69) is 4.98 Å².